The van der Waals surface area contributed by atoms with Crippen LogP contribution in [0.4, 0.5) is 0 Å². The van der Waals surface area contributed by atoms with Gasteiger partial charge in [0.1, 0.15) is 11.5 Å². The van der Waals surface area contributed by atoms with Crippen LogP contribution >= 0.6 is 0 Å². The van der Waals surface area contributed by atoms with Gasteiger partial charge in [-0.25, -0.2) is 19.3 Å². The molecule has 2 aromatic carbocycles. The van der Waals surface area contributed by atoms with Crippen molar-refractivity contribution >= 4 is 0 Å². The van der Waals surface area contributed by atoms with Crippen molar-refractivity contribution in [3.8, 4) is 45.4 Å². The lowest BCUT2D eigenvalue weighted by atomic mass is 9.83. The molecule has 0 N–H and O–H groups in total. The Morgan fingerprint density at radius 1 is 0.596 bits per heavy atom. The molecule has 0 amide bonds. The Hall–Kier alpha value is -5.24. The molecule has 0 saturated carbocycles. The van der Waals surface area contributed by atoms with Crippen LogP contribution in [0, 0.1) is 0 Å². The van der Waals surface area contributed by atoms with Crippen molar-refractivity contribution < 1.29 is 9.47 Å². The Balaban J connectivity index is 1.57. The summed E-state index contributed by atoms with van der Waals surface area (Å²) >= 11 is 0. The van der Waals surface area contributed by atoms with Gasteiger partial charge in [-0.1, -0.05) is 87.4 Å². The second kappa shape index (κ2) is 13.6. The summed E-state index contributed by atoms with van der Waals surface area (Å²) in [6.07, 6.45) is 7.77. The van der Waals surface area contributed by atoms with Gasteiger partial charge in [0.15, 0.2) is 11.6 Å². The molecule has 0 unspecified atom stereocenters. The molecule has 0 atom stereocenters. The lowest BCUT2D eigenvalue weighted by molar-refractivity contribution is 0.410. The van der Waals surface area contributed by atoms with Gasteiger partial charge in [0.2, 0.25) is 0 Å². The van der Waals surface area contributed by atoms with Crippen LogP contribution in [0.15, 0.2) is 97.3 Å². The number of hydrogen-bond donors (Lipinski definition) is 0. The molecule has 0 saturated heterocycles. The van der Waals surface area contributed by atoms with Crippen molar-refractivity contribution in [2.24, 2.45) is 0 Å². The normalized spacial score (nSPS) is 11.5. The van der Waals surface area contributed by atoms with Crippen LogP contribution in [0.1, 0.15) is 63.3 Å². The van der Waals surface area contributed by atoms with Gasteiger partial charge in [-0.3, -0.25) is 0 Å². The van der Waals surface area contributed by atoms with Crippen LogP contribution in [-0.2, 0) is 18.3 Å². The number of ether oxygens (including phenoxy) is 2. The summed E-state index contributed by atoms with van der Waals surface area (Å²) in [5, 5.41) is 9.85. The highest BCUT2D eigenvalue weighted by Crippen LogP contribution is 2.42. The van der Waals surface area contributed by atoms with E-state index >= 15 is 0 Å². The third kappa shape index (κ3) is 6.28. The second-order valence-electron chi connectivity index (χ2n) is 12.2. The fraction of sp³-hybridized carbons (Fsp3) is 0.282. The lowest BCUT2D eigenvalue weighted by Gasteiger charge is -2.28. The first kappa shape index (κ1) is 31.7. The molecule has 0 spiro atoms. The molecule has 0 radical (unpaired) electrons. The third-order valence-corrected chi connectivity index (χ3v) is 8.51. The van der Waals surface area contributed by atoms with E-state index in [4.69, 9.17) is 29.6 Å². The van der Waals surface area contributed by atoms with Gasteiger partial charge < -0.3 is 9.47 Å². The van der Waals surface area contributed by atoms with Crippen molar-refractivity contribution in [1.29, 1.82) is 0 Å². The molecular weight excluding hydrogens is 584 g/mol. The minimum absolute atomic E-state index is 0.673. The standard InChI is InChI=1S/C39H42N6O2/c1-7-15-29-21-23-44(42-29)37-35(27-17-11-9-12-18-27)31(46-5)25-33(40-37)39(3,4)34-26-32(47-6)36(28-19-13-10-14-20-28)38(41-34)45-24-22-30(43-45)16-8-2/h9-14,17-26H,7-8,15-16H2,1-6H3. The zero-order valence-electron chi connectivity index (χ0n) is 28.1. The topological polar surface area (TPSA) is 79.9 Å². The number of pyridine rings is 2. The van der Waals surface area contributed by atoms with E-state index < -0.39 is 5.41 Å². The summed E-state index contributed by atoms with van der Waals surface area (Å²) in [4.78, 5) is 10.7. The predicted molar refractivity (Wildman–Crippen MR) is 187 cm³/mol. The number of rotatable bonds is 12. The number of nitrogens with zero attached hydrogens (tertiary/aromatic N) is 6. The molecule has 47 heavy (non-hydrogen) atoms. The van der Waals surface area contributed by atoms with E-state index in [0.717, 1.165) is 70.7 Å². The predicted octanol–water partition coefficient (Wildman–Crippen LogP) is 8.43. The zero-order valence-corrected chi connectivity index (χ0v) is 28.1. The fourth-order valence-corrected chi connectivity index (χ4v) is 5.93. The molecule has 0 fully saturated rings. The molecule has 8 nitrogen and oxygen atoms in total. The average Bonchev–Trinajstić information content (AvgIpc) is 3.78. The van der Waals surface area contributed by atoms with Crippen LogP contribution in [0.3, 0.4) is 0 Å². The number of methoxy groups -OCH3 is 2. The van der Waals surface area contributed by atoms with Gasteiger partial charge in [-0.2, -0.15) is 10.2 Å². The zero-order chi connectivity index (χ0) is 33.0. The molecule has 8 heteroatoms. The molecular formula is C39H42N6O2. The highest BCUT2D eigenvalue weighted by molar-refractivity contribution is 5.79. The first-order chi connectivity index (χ1) is 22.9. The molecule has 240 valence electrons. The molecule has 6 rings (SSSR count). The van der Waals surface area contributed by atoms with E-state index in [2.05, 4.69) is 64.1 Å². The van der Waals surface area contributed by atoms with Crippen LogP contribution in [0.5, 0.6) is 11.5 Å². The van der Waals surface area contributed by atoms with Crippen molar-refractivity contribution in [3.05, 3.63) is 120 Å². The summed E-state index contributed by atoms with van der Waals surface area (Å²) in [6, 6.07) is 28.6. The molecule has 0 bridgehead atoms. The van der Waals surface area contributed by atoms with E-state index in [1.165, 1.54) is 0 Å². The van der Waals surface area contributed by atoms with Gasteiger partial charge in [0.05, 0.1) is 48.1 Å². The van der Waals surface area contributed by atoms with Crippen LogP contribution in [0.2, 0.25) is 0 Å². The number of benzene rings is 2. The van der Waals surface area contributed by atoms with Gasteiger partial charge in [-0.15, -0.1) is 0 Å². The number of aromatic nitrogens is 6. The summed E-state index contributed by atoms with van der Waals surface area (Å²) < 4.78 is 15.9. The second-order valence-corrected chi connectivity index (χ2v) is 12.2. The molecule has 0 aliphatic carbocycles. The smallest absolute Gasteiger partial charge is 0.165 e. The van der Waals surface area contributed by atoms with Crippen molar-refractivity contribution in [2.45, 2.75) is 58.8 Å². The maximum Gasteiger partial charge on any atom is 0.165 e. The quantitative estimate of drug-likeness (QED) is 0.136. The Morgan fingerprint density at radius 2 is 1.00 bits per heavy atom. The minimum atomic E-state index is -0.673. The maximum atomic E-state index is 6.09. The third-order valence-electron chi connectivity index (χ3n) is 8.51. The van der Waals surface area contributed by atoms with Crippen molar-refractivity contribution in [1.82, 2.24) is 29.5 Å². The van der Waals surface area contributed by atoms with Crippen LogP contribution in [-0.4, -0.2) is 43.7 Å². The summed E-state index contributed by atoms with van der Waals surface area (Å²) in [5.74, 6) is 2.82. The number of hydrogen-bond acceptors (Lipinski definition) is 6. The monoisotopic (exact) mass is 626 g/mol. The van der Waals surface area contributed by atoms with E-state index in [1.54, 1.807) is 14.2 Å². The molecule has 0 aliphatic rings. The Labute approximate surface area is 277 Å². The largest absolute Gasteiger partial charge is 0.496 e. The summed E-state index contributed by atoms with van der Waals surface area (Å²) in [6.45, 7) is 8.58. The molecule has 0 aliphatic heterocycles. The Morgan fingerprint density at radius 3 is 1.36 bits per heavy atom. The first-order valence-electron chi connectivity index (χ1n) is 16.3. The van der Waals surface area contributed by atoms with Crippen LogP contribution < -0.4 is 9.47 Å². The van der Waals surface area contributed by atoms with Crippen molar-refractivity contribution in [3.63, 3.8) is 0 Å². The van der Waals surface area contributed by atoms with Gasteiger partial charge in [-0.05, 0) is 49.9 Å². The highest BCUT2D eigenvalue weighted by Gasteiger charge is 2.32. The first-order valence-corrected chi connectivity index (χ1v) is 16.3. The molecule has 4 aromatic heterocycles. The number of aryl methyl sites for hydroxylation is 2. The Kier molecular flexibility index (Phi) is 9.20. The van der Waals surface area contributed by atoms with E-state index in [9.17, 15) is 0 Å². The Bertz CT molecular complexity index is 1820. The SMILES string of the molecule is CCCc1ccn(-c2nc(C(C)(C)c3cc(OC)c(-c4ccccc4)c(-n4ccc(CCC)n4)n3)cc(OC)c2-c2ccccc2)n1. The summed E-state index contributed by atoms with van der Waals surface area (Å²) in [7, 11) is 3.40. The summed E-state index contributed by atoms with van der Waals surface area (Å²) in [5.41, 5.74) is 6.70. The maximum absolute atomic E-state index is 6.09. The van der Waals surface area contributed by atoms with Crippen molar-refractivity contribution in [2.75, 3.05) is 14.2 Å². The van der Waals surface area contributed by atoms with Gasteiger partial charge in [0, 0.05) is 29.9 Å². The van der Waals surface area contributed by atoms with E-state index in [-0.39, 0.29) is 0 Å². The minimum Gasteiger partial charge on any atom is -0.496 e. The fourth-order valence-electron chi connectivity index (χ4n) is 5.93. The van der Waals surface area contributed by atoms with Crippen LogP contribution in [0.25, 0.3) is 33.9 Å². The molecule has 6 aromatic rings. The van der Waals surface area contributed by atoms with Gasteiger partial charge >= 0.3 is 0 Å². The average molecular weight is 627 g/mol. The van der Waals surface area contributed by atoms with Gasteiger partial charge in [0.25, 0.3) is 0 Å². The van der Waals surface area contributed by atoms with E-state index in [1.807, 2.05) is 70.3 Å². The van der Waals surface area contributed by atoms with E-state index in [0.29, 0.717) is 23.1 Å². The lowest BCUT2D eigenvalue weighted by Crippen LogP contribution is -2.25. The highest BCUT2D eigenvalue weighted by atomic mass is 16.5. The molecule has 4 heterocycles.